The van der Waals surface area contributed by atoms with E-state index in [2.05, 4.69) is 27.3 Å². The van der Waals surface area contributed by atoms with Crippen molar-refractivity contribution in [3.8, 4) is 0 Å². The van der Waals surface area contributed by atoms with Gasteiger partial charge in [-0.1, -0.05) is 0 Å². The second kappa shape index (κ2) is 6.23. The average Bonchev–Trinajstić information content (AvgIpc) is 2.65. The van der Waals surface area contributed by atoms with Gasteiger partial charge in [-0.25, -0.2) is 0 Å². The monoisotopic (exact) mass is 280 g/mol. The zero-order valence-corrected chi connectivity index (χ0v) is 12.5. The number of rotatable bonds is 4. The molecule has 1 aromatic heterocycles. The number of carbonyl (C=O) groups excluding carboxylic acids is 1. The summed E-state index contributed by atoms with van der Waals surface area (Å²) in [5, 5.41) is 7.07. The Hall–Kier alpha value is -1.60. The molecule has 1 saturated heterocycles. The number of anilines is 1. The van der Waals surface area contributed by atoms with E-state index in [1.807, 2.05) is 0 Å². The molecule has 112 valence electrons. The van der Waals surface area contributed by atoms with Gasteiger partial charge < -0.3 is 16.0 Å². The van der Waals surface area contributed by atoms with E-state index in [1.165, 1.54) is 4.68 Å². The van der Waals surface area contributed by atoms with Gasteiger partial charge in [0.2, 0.25) is 0 Å². The molecule has 1 fully saturated rings. The summed E-state index contributed by atoms with van der Waals surface area (Å²) in [6.07, 6.45) is 0. The Bertz CT molecular complexity index is 475. The zero-order valence-electron chi connectivity index (χ0n) is 12.5. The molecule has 1 amide bonds. The molecule has 0 aliphatic carbocycles. The summed E-state index contributed by atoms with van der Waals surface area (Å²) >= 11 is 0. The molecule has 3 N–H and O–H groups in total. The van der Waals surface area contributed by atoms with Crippen LogP contribution in [0.2, 0.25) is 0 Å². The highest BCUT2D eigenvalue weighted by Gasteiger charge is 2.18. The van der Waals surface area contributed by atoms with Crippen LogP contribution < -0.4 is 11.1 Å². The molecule has 0 saturated carbocycles. The smallest absolute Gasteiger partial charge is 0.271 e. The lowest BCUT2D eigenvalue weighted by Gasteiger charge is -2.32. The van der Waals surface area contributed by atoms with E-state index in [1.54, 1.807) is 14.0 Å². The van der Waals surface area contributed by atoms with Crippen LogP contribution in [0.15, 0.2) is 0 Å². The van der Waals surface area contributed by atoms with Gasteiger partial charge in [-0.3, -0.25) is 14.4 Å². The van der Waals surface area contributed by atoms with E-state index in [9.17, 15) is 4.79 Å². The van der Waals surface area contributed by atoms with Crippen molar-refractivity contribution < 1.29 is 4.79 Å². The molecule has 0 unspecified atom stereocenters. The molecule has 1 aromatic rings. The van der Waals surface area contributed by atoms with E-state index in [0.29, 0.717) is 23.6 Å². The number of nitrogens with one attached hydrogen (secondary N) is 1. The zero-order chi connectivity index (χ0) is 14.7. The molecule has 2 rings (SSSR count). The van der Waals surface area contributed by atoms with Gasteiger partial charge in [-0.2, -0.15) is 5.10 Å². The molecule has 0 aromatic carbocycles. The Morgan fingerprint density at radius 1 is 1.30 bits per heavy atom. The number of piperazine rings is 1. The van der Waals surface area contributed by atoms with Crippen LogP contribution in [-0.4, -0.2) is 71.8 Å². The first-order valence-electron chi connectivity index (χ1n) is 6.97. The van der Waals surface area contributed by atoms with Crippen LogP contribution in [-0.2, 0) is 7.05 Å². The minimum atomic E-state index is -0.153. The van der Waals surface area contributed by atoms with E-state index < -0.39 is 0 Å². The first-order chi connectivity index (χ1) is 9.49. The minimum Gasteiger partial charge on any atom is -0.395 e. The Morgan fingerprint density at radius 3 is 2.50 bits per heavy atom. The lowest BCUT2D eigenvalue weighted by Crippen LogP contribution is -2.47. The second-order valence-corrected chi connectivity index (χ2v) is 5.37. The van der Waals surface area contributed by atoms with E-state index in [0.717, 1.165) is 32.7 Å². The fourth-order valence-electron chi connectivity index (χ4n) is 2.43. The molecule has 1 aliphatic heterocycles. The van der Waals surface area contributed by atoms with Crippen LogP contribution in [0.4, 0.5) is 5.69 Å². The fourth-order valence-corrected chi connectivity index (χ4v) is 2.43. The maximum Gasteiger partial charge on any atom is 0.271 e. The first-order valence-corrected chi connectivity index (χ1v) is 6.97. The van der Waals surface area contributed by atoms with Crippen molar-refractivity contribution in [3.05, 3.63) is 11.4 Å². The summed E-state index contributed by atoms with van der Waals surface area (Å²) < 4.78 is 1.54. The molecular formula is C13H24N6O. The predicted octanol–water partition coefficient (Wildman–Crippen LogP) is -0.712. The van der Waals surface area contributed by atoms with Crippen molar-refractivity contribution in [1.82, 2.24) is 24.9 Å². The predicted molar refractivity (Wildman–Crippen MR) is 78.6 cm³/mol. The Balaban J connectivity index is 1.81. The normalized spacial score (nSPS) is 17.4. The highest BCUT2D eigenvalue weighted by atomic mass is 16.2. The van der Waals surface area contributed by atoms with Crippen molar-refractivity contribution in [2.24, 2.45) is 7.05 Å². The SMILES string of the molecule is Cc1nn(C)c(C(=O)NCCN2CCN(C)CC2)c1N. The van der Waals surface area contributed by atoms with Crippen LogP contribution in [0, 0.1) is 6.92 Å². The highest BCUT2D eigenvalue weighted by Crippen LogP contribution is 2.14. The number of carbonyl (C=O) groups is 1. The van der Waals surface area contributed by atoms with E-state index >= 15 is 0 Å². The summed E-state index contributed by atoms with van der Waals surface area (Å²) in [7, 11) is 3.87. The Labute approximate surface area is 119 Å². The van der Waals surface area contributed by atoms with Crippen LogP contribution in [0.1, 0.15) is 16.2 Å². The average molecular weight is 280 g/mol. The number of likely N-dealkylation sites (N-methyl/N-ethyl adjacent to an activating group) is 1. The number of aryl methyl sites for hydroxylation is 2. The van der Waals surface area contributed by atoms with Crippen LogP contribution in [0.25, 0.3) is 0 Å². The summed E-state index contributed by atoms with van der Waals surface area (Å²) in [5.74, 6) is -0.153. The highest BCUT2D eigenvalue weighted by molar-refractivity contribution is 5.97. The molecule has 0 bridgehead atoms. The molecule has 7 heteroatoms. The Kier molecular flexibility index (Phi) is 4.61. The van der Waals surface area contributed by atoms with Gasteiger partial charge in [-0.05, 0) is 14.0 Å². The maximum absolute atomic E-state index is 12.1. The summed E-state index contributed by atoms with van der Waals surface area (Å²) in [4.78, 5) is 16.8. The van der Waals surface area contributed by atoms with Crippen molar-refractivity contribution in [2.75, 3.05) is 52.0 Å². The standard InChI is InChI=1S/C13H24N6O/c1-10-11(14)12(18(3)16-10)13(20)15-4-5-19-8-6-17(2)7-9-19/h4-9,14H2,1-3H3,(H,15,20). The number of nitrogen functional groups attached to an aromatic ring is 1. The molecule has 2 heterocycles. The quantitative estimate of drug-likeness (QED) is 0.761. The lowest BCUT2D eigenvalue weighted by atomic mass is 10.3. The molecular weight excluding hydrogens is 256 g/mol. The number of hydrogen-bond acceptors (Lipinski definition) is 5. The molecule has 1 aliphatic rings. The van der Waals surface area contributed by atoms with Gasteiger partial charge in [0, 0.05) is 46.3 Å². The molecule has 7 nitrogen and oxygen atoms in total. The third kappa shape index (κ3) is 3.29. The largest absolute Gasteiger partial charge is 0.395 e. The number of hydrogen-bond donors (Lipinski definition) is 2. The lowest BCUT2D eigenvalue weighted by molar-refractivity contribution is 0.0932. The number of nitrogens with zero attached hydrogens (tertiary/aromatic N) is 4. The van der Waals surface area contributed by atoms with Gasteiger partial charge >= 0.3 is 0 Å². The Morgan fingerprint density at radius 2 is 1.95 bits per heavy atom. The summed E-state index contributed by atoms with van der Waals surface area (Å²) in [6, 6.07) is 0. The van der Waals surface area contributed by atoms with Crippen LogP contribution in [0.5, 0.6) is 0 Å². The van der Waals surface area contributed by atoms with Crippen molar-refractivity contribution in [3.63, 3.8) is 0 Å². The second-order valence-electron chi connectivity index (χ2n) is 5.37. The number of nitrogens with two attached hydrogens (primary N) is 1. The molecule has 20 heavy (non-hydrogen) atoms. The maximum atomic E-state index is 12.1. The molecule has 0 radical (unpaired) electrons. The third-order valence-corrected chi connectivity index (χ3v) is 3.79. The van der Waals surface area contributed by atoms with Crippen molar-refractivity contribution >= 4 is 11.6 Å². The summed E-state index contributed by atoms with van der Waals surface area (Å²) in [6.45, 7) is 7.58. The third-order valence-electron chi connectivity index (χ3n) is 3.79. The topological polar surface area (TPSA) is 79.4 Å². The number of aromatic nitrogens is 2. The van der Waals surface area contributed by atoms with Gasteiger partial charge in [-0.15, -0.1) is 0 Å². The van der Waals surface area contributed by atoms with Crippen LogP contribution in [0.3, 0.4) is 0 Å². The van der Waals surface area contributed by atoms with E-state index in [-0.39, 0.29) is 5.91 Å². The first kappa shape index (κ1) is 14.8. The molecule has 0 spiro atoms. The molecule has 0 atom stereocenters. The van der Waals surface area contributed by atoms with Gasteiger partial charge in [0.25, 0.3) is 5.91 Å². The van der Waals surface area contributed by atoms with Crippen LogP contribution >= 0.6 is 0 Å². The number of amides is 1. The van der Waals surface area contributed by atoms with Gasteiger partial charge in [0.05, 0.1) is 11.4 Å². The van der Waals surface area contributed by atoms with Crippen molar-refractivity contribution in [2.45, 2.75) is 6.92 Å². The van der Waals surface area contributed by atoms with Crippen molar-refractivity contribution in [1.29, 1.82) is 0 Å². The fraction of sp³-hybridized carbons (Fsp3) is 0.692. The van der Waals surface area contributed by atoms with E-state index in [4.69, 9.17) is 5.73 Å². The van der Waals surface area contributed by atoms with Gasteiger partial charge in [0.1, 0.15) is 5.69 Å². The van der Waals surface area contributed by atoms with Gasteiger partial charge in [0.15, 0.2) is 0 Å². The minimum absolute atomic E-state index is 0.153. The summed E-state index contributed by atoms with van der Waals surface area (Å²) in [5.41, 5.74) is 7.47.